The number of nitro groups is 4. The summed E-state index contributed by atoms with van der Waals surface area (Å²) in [6.07, 6.45) is 1.89. The lowest BCUT2D eigenvalue weighted by molar-refractivity contribution is -0.394. The first-order valence-electron chi connectivity index (χ1n) is 10.5. The third-order valence-electron chi connectivity index (χ3n) is 4.75. The van der Waals surface area contributed by atoms with Gasteiger partial charge in [0.1, 0.15) is 0 Å². The van der Waals surface area contributed by atoms with Crippen molar-refractivity contribution in [2.45, 2.75) is 24.3 Å². The van der Waals surface area contributed by atoms with E-state index in [4.69, 9.17) is 0 Å². The van der Waals surface area contributed by atoms with E-state index in [1.165, 1.54) is 13.8 Å². The van der Waals surface area contributed by atoms with Gasteiger partial charge in [0.25, 0.3) is 34.6 Å². The zero-order valence-electron chi connectivity index (χ0n) is 19.9. The molecule has 0 bridgehead atoms. The molecule has 0 aromatic heterocycles. The SMILES string of the molecule is CC(SC(C)C(=O)NN=Cc1ccc([N+](=O)[O-])cc1[N+](=O)[O-])C(=O)NN=Cc1ccc([N+](=O)[O-])cc1[N+](=O)[O-]. The van der Waals surface area contributed by atoms with Crippen LogP contribution in [0.15, 0.2) is 46.6 Å². The molecule has 0 radical (unpaired) electrons. The number of hydrazone groups is 2. The molecule has 2 aromatic carbocycles. The van der Waals surface area contributed by atoms with E-state index >= 15 is 0 Å². The van der Waals surface area contributed by atoms with Gasteiger partial charge in [0.15, 0.2) is 0 Å². The van der Waals surface area contributed by atoms with Crippen LogP contribution in [-0.4, -0.2) is 54.4 Å². The molecule has 18 nitrogen and oxygen atoms in total. The van der Waals surface area contributed by atoms with Crippen LogP contribution >= 0.6 is 11.8 Å². The van der Waals surface area contributed by atoms with Crippen molar-refractivity contribution in [3.63, 3.8) is 0 Å². The summed E-state index contributed by atoms with van der Waals surface area (Å²) in [5.74, 6) is -1.32. The highest BCUT2D eigenvalue weighted by atomic mass is 32.2. The number of nitrogens with one attached hydrogen (secondary N) is 2. The molecule has 2 unspecified atom stereocenters. The number of hydrogen-bond acceptors (Lipinski definition) is 13. The summed E-state index contributed by atoms with van der Waals surface area (Å²) in [4.78, 5) is 65.2. The second kappa shape index (κ2) is 13.3. The van der Waals surface area contributed by atoms with Crippen molar-refractivity contribution in [2.24, 2.45) is 10.2 Å². The predicted octanol–water partition coefficient (Wildman–Crippen LogP) is 2.43. The van der Waals surface area contributed by atoms with Gasteiger partial charge in [-0.15, -0.1) is 11.8 Å². The van der Waals surface area contributed by atoms with E-state index in [0.717, 1.165) is 60.6 Å². The molecule has 2 N–H and O–H groups in total. The lowest BCUT2D eigenvalue weighted by atomic mass is 10.2. The smallest absolute Gasteiger partial charge is 0.272 e. The fraction of sp³-hybridized carbons (Fsp3) is 0.200. The molecule has 2 atom stereocenters. The number of nitrogens with zero attached hydrogens (tertiary/aromatic N) is 6. The predicted molar refractivity (Wildman–Crippen MR) is 137 cm³/mol. The number of non-ortho nitro benzene ring substituents is 2. The van der Waals surface area contributed by atoms with E-state index in [1.54, 1.807) is 0 Å². The summed E-state index contributed by atoms with van der Waals surface area (Å²) in [6.45, 7) is 2.91. The van der Waals surface area contributed by atoms with E-state index < -0.39 is 64.8 Å². The Labute approximate surface area is 221 Å². The number of carbonyl (C=O) groups excluding carboxylic acids is 2. The lowest BCUT2D eigenvalue weighted by Gasteiger charge is -2.14. The topological polar surface area (TPSA) is 255 Å². The molecule has 0 aliphatic carbocycles. The van der Waals surface area contributed by atoms with Crippen LogP contribution in [0.5, 0.6) is 0 Å². The quantitative estimate of drug-likeness (QED) is 0.215. The van der Waals surface area contributed by atoms with Gasteiger partial charge >= 0.3 is 0 Å². The van der Waals surface area contributed by atoms with Gasteiger partial charge in [0.05, 0.1) is 65.9 Å². The minimum Gasteiger partial charge on any atom is -0.272 e. The van der Waals surface area contributed by atoms with Gasteiger partial charge in [-0.25, -0.2) is 10.9 Å². The van der Waals surface area contributed by atoms with Crippen molar-refractivity contribution in [2.75, 3.05) is 0 Å². The van der Waals surface area contributed by atoms with Crippen molar-refractivity contribution in [1.82, 2.24) is 10.9 Å². The number of carbonyl (C=O) groups is 2. The van der Waals surface area contributed by atoms with Crippen LogP contribution in [0.25, 0.3) is 0 Å². The van der Waals surface area contributed by atoms with Crippen LogP contribution in [-0.2, 0) is 9.59 Å². The van der Waals surface area contributed by atoms with Crippen LogP contribution < -0.4 is 10.9 Å². The fourth-order valence-electron chi connectivity index (χ4n) is 2.77. The first kappa shape index (κ1) is 29.9. The Hall–Kier alpha value is -5.33. The van der Waals surface area contributed by atoms with Gasteiger partial charge in [-0.1, -0.05) is 0 Å². The highest BCUT2D eigenvalue weighted by molar-refractivity contribution is 8.01. The Kier molecular flexibility index (Phi) is 10.2. The molecule has 0 spiro atoms. The van der Waals surface area contributed by atoms with Gasteiger partial charge < -0.3 is 0 Å². The van der Waals surface area contributed by atoms with E-state index in [0.29, 0.717) is 0 Å². The molecular formula is C20H18N8O10S. The van der Waals surface area contributed by atoms with E-state index in [2.05, 4.69) is 21.1 Å². The molecule has 0 fully saturated rings. The monoisotopic (exact) mass is 562 g/mol. The van der Waals surface area contributed by atoms with E-state index in [9.17, 15) is 50.0 Å². The fourth-order valence-corrected chi connectivity index (χ4v) is 3.73. The molecule has 204 valence electrons. The third-order valence-corrected chi connectivity index (χ3v) is 5.99. The Morgan fingerprint density at radius 2 is 1.08 bits per heavy atom. The van der Waals surface area contributed by atoms with Crippen molar-refractivity contribution in [3.05, 3.63) is 88.0 Å². The first-order chi connectivity index (χ1) is 18.3. The molecule has 19 heteroatoms. The largest absolute Gasteiger partial charge is 0.285 e. The summed E-state index contributed by atoms with van der Waals surface area (Å²) in [6, 6.07) is 5.79. The number of thioether (sulfide) groups is 1. The molecule has 2 aromatic rings. The molecule has 0 heterocycles. The summed E-state index contributed by atoms with van der Waals surface area (Å²) in [7, 11) is 0. The minimum absolute atomic E-state index is 0.0925. The molecule has 39 heavy (non-hydrogen) atoms. The number of rotatable bonds is 12. The van der Waals surface area contributed by atoms with Crippen LogP contribution in [0.3, 0.4) is 0 Å². The molecule has 0 aliphatic rings. The van der Waals surface area contributed by atoms with Crippen molar-refractivity contribution < 1.29 is 29.3 Å². The normalized spacial score (nSPS) is 12.6. The zero-order valence-corrected chi connectivity index (χ0v) is 20.8. The van der Waals surface area contributed by atoms with Gasteiger partial charge in [0, 0.05) is 12.1 Å². The minimum atomic E-state index is -0.838. The molecule has 2 rings (SSSR count). The molecule has 2 amide bonds. The molecule has 0 saturated heterocycles. The second-order valence-corrected chi connectivity index (χ2v) is 9.09. The number of benzene rings is 2. The van der Waals surface area contributed by atoms with Gasteiger partial charge in [0.2, 0.25) is 0 Å². The van der Waals surface area contributed by atoms with Crippen LogP contribution in [0.2, 0.25) is 0 Å². The third kappa shape index (κ3) is 8.35. The number of nitro benzene ring substituents is 4. The van der Waals surface area contributed by atoms with Gasteiger partial charge in [-0.3, -0.25) is 50.0 Å². The number of hydrogen-bond donors (Lipinski definition) is 2. The molecular weight excluding hydrogens is 544 g/mol. The Balaban J connectivity index is 1.96. The summed E-state index contributed by atoms with van der Waals surface area (Å²) < 4.78 is 0. The average Bonchev–Trinajstić information content (AvgIpc) is 2.88. The highest BCUT2D eigenvalue weighted by Crippen LogP contribution is 2.24. The Morgan fingerprint density at radius 3 is 1.38 bits per heavy atom. The maximum atomic E-state index is 12.3. The number of amides is 2. The van der Waals surface area contributed by atoms with Crippen molar-refractivity contribution in [1.29, 1.82) is 0 Å². The summed E-state index contributed by atoms with van der Waals surface area (Å²) >= 11 is 0.896. The zero-order chi connectivity index (χ0) is 29.3. The van der Waals surface area contributed by atoms with Crippen molar-refractivity contribution in [3.8, 4) is 0 Å². The average molecular weight is 562 g/mol. The van der Waals surface area contributed by atoms with Gasteiger partial charge in [-0.2, -0.15) is 10.2 Å². The summed E-state index contributed by atoms with van der Waals surface area (Å²) in [5.41, 5.74) is 1.96. The van der Waals surface area contributed by atoms with Gasteiger partial charge in [-0.05, 0) is 26.0 Å². The maximum absolute atomic E-state index is 12.3. The van der Waals surface area contributed by atoms with Crippen LogP contribution in [0.4, 0.5) is 22.7 Å². The Morgan fingerprint density at radius 1 is 0.718 bits per heavy atom. The highest BCUT2D eigenvalue weighted by Gasteiger charge is 2.23. The van der Waals surface area contributed by atoms with Crippen molar-refractivity contribution >= 4 is 58.8 Å². The van der Waals surface area contributed by atoms with Crippen LogP contribution in [0.1, 0.15) is 25.0 Å². The molecule has 0 aliphatic heterocycles. The van der Waals surface area contributed by atoms with E-state index in [-0.39, 0.29) is 11.1 Å². The molecule has 0 saturated carbocycles. The lowest BCUT2D eigenvalue weighted by Crippen LogP contribution is -2.33. The standard InChI is InChI=1S/C20H18N8O10S/c1-11(19(29)23-21-9-13-3-5-15(25(31)32)7-17(13)27(35)36)39-12(2)20(30)24-22-10-14-4-6-16(26(33)34)8-18(14)28(37)38/h3-12H,1-2H3,(H,23,29)(H,24,30). The van der Waals surface area contributed by atoms with E-state index in [1.807, 2.05) is 0 Å². The Bertz CT molecular complexity index is 1290. The first-order valence-corrected chi connectivity index (χ1v) is 11.4. The maximum Gasteiger partial charge on any atom is 0.285 e. The summed E-state index contributed by atoms with van der Waals surface area (Å²) in [5, 5.41) is 49.5. The second-order valence-electron chi connectivity index (χ2n) is 7.40. The van der Waals surface area contributed by atoms with Crippen LogP contribution in [0, 0.1) is 40.5 Å².